The van der Waals surface area contributed by atoms with Crippen molar-refractivity contribution in [1.29, 1.82) is 0 Å². The number of carboxylic acid groups (broad SMARTS) is 1. The van der Waals surface area contributed by atoms with Crippen LogP contribution in [-0.4, -0.2) is 18.2 Å². The van der Waals surface area contributed by atoms with Crippen LogP contribution in [0.5, 0.6) is 5.75 Å². The van der Waals surface area contributed by atoms with Gasteiger partial charge in [-0.15, -0.1) is 0 Å². The van der Waals surface area contributed by atoms with Crippen molar-refractivity contribution in [2.75, 3.05) is 7.11 Å². The summed E-state index contributed by atoms with van der Waals surface area (Å²) in [4.78, 5) is 10.8. The van der Waals surface area contributed by atoms with Crippen LogP contribution in [0.25, 0.3) is 0 Å². The summed E-state index contributed by atoms with van der Waals surface area (Å²) < 4.78 is 41.6. The number of hydrogen-bond acceptors (Lipinski definition) is 2. The van der Waals surface area contributed by atoms with Crippen LogP contribution >= 0.6 is 15.9 Å². The summed E-state index contributed by atoms with van der Waals surface area (Å²) in [5.41, 5.74) is -1.31. The van der Waals surface area contributed by atoms with Gasteiger partial charge in [0.05, 0.1) is 12.7 Å². The third-order valence-electron chi connectivity index (χ3n) is 1.82. The van der Waals surface area contributed by atoms with Gasteiger partial charge in [0, 0.05) is 4.47 Å². The van der Waals surface area contributed by atoms with Gasteiger partial charge in [0.2, 0.25) is 0 Å². The molecular weight excluding hydrogens is 293 g/mol. The molecule has 3 nitrogen and oxygen atoms in total. The quantitative estimate of drug-likeness (QED) is 0.912. The highest BCUT2D eigenvalue weighted by Gasteiger charge is 2.33. The first-order valence-corrected chi connectivity index (χ1v) is 4.74. The fourth-order valence-corrected chi connectivity index (χ4v) is 1.73. The minimum absolute atomic E-state index is 0.174. The van der Waals surface area contributed by atoms with Crippen molar-refractivity contribution in [2.45, 2.75) is 6.18 Å². The molecule has 1 rings (SSSR count). The molecule has 0 aromatic heterocycles. The van der Waals surface area contributed by atoms with Crippen LogP contribution in [0, 0.1) is 0 Å². The van der Waals surface area contributed by atoms with Crippen LogP contribution < -0.4 is 4.74 Å². The summed E-state index contributed by atoms with van der Waals surface area (Å²) >= 11 is 2.77. The van der Waals surface area contributed by atoms with Crippen LogP contribution in [0.4, 0.5) is 13.2 Å². The number of alkyl halides is 3. The SMILES string of the molecule is COc1cc(C(F)(F)F)cc(Br)c1C(=O)O. The van der Waals surface area contributed by atoms with E-state index in [9.17, 15) is 18.0 Å². The van der Waals surface area contributed by atoms with Gasteiger partial charge in [0.1, 0.15) is 11.3 Å². The lowest BCUT2D eigenvalue weighted by molar-refractivity contribution is -0.137. The normalized spacial score (nSPS) is 11.3. The molecule has 1 aromatic carbocycles. The molecule has 0 unspecified atom stereocenters. The molecule has 0 saturated heterocycles. The van der Waals surface area contributed by atoms with E-state index < -0.39 is 17.7 Å². The Morgan fingerprint density at radius 1 is 1.44 bits per heavy atom. The van der Waals surface area contributed by atoms with E-state index in [4.69, 9.17) is 5.11 Å². The number of benzene rings is 1. The number of aromatic carboxylic acids is 1. The molecule has 1 N–H and O–H groups in total. The minimum atomic E-state index is -4.55. The zero-order valence-corrected chi connectivity index (χ0v) is 9.52. The molecule has 0 aliphatic rings. The lowest BCUT2D eigenvalue weighted by atomic mass is 10.1. The molecule has 88 valence electrons. The molecule has 0 amide bonds. The number of methoxy groups -OCH3 is 1. The number of hydrogen-bond donors (Lipinski definition) is 1. The summed E-state index contributed by atoms with van der Waals surface area (Å²) in [5.74, 6) is -1.70. The highest BCUT2D eigenvalue weighted by molar-refractivity contribution is 9.10. The first-order valence-electron chi connectivity index (χ1n) is 3.95. The van der Waals surface area contributed by atoms with Gasteiger partial charge in [-0.25, -0.2) is 4.79 Å². The van der Waals surface area contributed by atoms with Gasteiger partial charge in [-0.05, 0) is 28.1 Å². The second kappa shape index (κ2) is 4.32. The summed E-state index contributed by atoms with van der Waals surface area (Å²) in [6, 6.07) is 1.35. The molecule has 1 aromatic rings. The smallest absolute Gasteiger partial charge is 0.416 e. The zero-order valence-electron chi connectivity index (χ0n) is 7.93. The molecule has 0 aliphatic carbocycles. The van der Waals surface area contributed by atoms with E-state index in [0.29, 0.717) is 12.1 Å². The molecule has 16 heavy (non-hydrogen) atoms. The average molecular weight is 299 g/mol. The topological polar surface area (TPSA) is 46.5 Å². The predicted molar refractivity (Wildman–Crippen MR) is 52.7 cm³/mol. The monoisotopic (exact) mass is 298 g/mol. The van der Waals surface area contributed by atoms with Crippen molar-refractivity contribution in [3.05, 3.63) is 27.7 Å². The summed E-state index contributed by atoms with van der Waals surface area (Å²) in [5, 5.41) is 8.78. The summed E-state index contributed by atoms with van der Waals surface area (Å²) in [6.45, 7) is 0. The van der Waals surface area contributed by atoms with E-state index in [1.807, 2.05) is 0 Å². The van der Waals surface area contributed by atoms with Crippen molar-refractivity contribution >= 4 is 21.9 Å². The van der Waals surface area contributed by atoms with Crippen molar-refractivity contribution in [1.82, 2.24) is 0 Å². The van der Waals surface area contributed by atoms with Crippen LogP contribution in [-0.2, 0) is 6.18 Å². The van der Waals surface area contributed by atoms with Gasteiger partial charge in [-0.2, -0.15) is 13.2 Å². The van der Waals surface area contributed by atoms with Crippen LogP contribution in [0.1, 0.15) is 15.9 Å². The predicted octanol–water partition coefficient (Wildman–Crippen LogP) is 3.17. The van der Waals surface area contributed by atoms with Crippen molar-refractivity contribution in [3.8, 4) is 5.75 Å². The molecule has 0 heterocycles. The van der Waals surface area contributed by atoms with E-state index in [2.05, 4.69) is 20.7 Å². The number of halogens is 4. The van der Waals surface area contributed by atoms with Gasteiger partial charge in [-0.1, -0.05) is 0 Å². The fraction of sp³-hybridized carbons (Fsp3) is 0.222. The van der Waals surface area contributed by atoms with Crippen LogP contribution in [0.2, 0.25) is 0 Å². The second-order valence-electron chi connectivity index (χ2n) is 2.84. The van der Waals surface area contributed by atoms with E-state index in [-0.39, 0.29) is 15.8 Å². The fourth-order valence-electron chi connectivity index (χ4n) is 1.11. The Hall–Kier alpha value is -1.24. The Bertz CT molecular complexity index is 429. The molecule has 7 heteroatoms. The minimum Gasteiger partial charge on any atom is -0.496 e. The first kappa shape index (κ1) is 12.8. The molecule has 0 aliphatic heterocycles. The van der Waals surface area contributed by atoms with E-state index >= 15 is 0 Å². The Balaban J connectivity index is 3.44. The maximum Gasteiger partial charge on any atom is 0.416 e. The van der Waals surface area contributed by atoms with Crippen molar-refractivity contribution in [3.63, 3.8) is 0 Å². The average Bonchev–Trinajstić information content (AvgIpc) is 2.14. The Labute approximate surface area is 97.0 Å². The largest absolute Gasteiger partial charge is 0.496 e. The van der Waals surface area contributed by atoms with Gasteiger partial charge in [0.25, 0.3) is 0 Å². The molecule has 0 atom stereocenters. The third kappa shape index (κ3) is 2.46. The maximum absolute atomic E-state index is 12.4. The molecular formula is C9H6BrF3O3. The van der Waals surface area contributed by atoms with Crippen LogP contribution in [0.3, 0.4) is 0 Å². The van der Waals surface area contributed by atoms with Gasteiger partial charge in [0.15, 0.2) is 0 Å². The highest BCUT2D eigenvalue weighted by Crippen LogP contribution is 2.36. The summed E-state index contributed by atoms with van der Waals surface area (Å²) in [6.07, 6.45) is -4.55. The summed E-state index contributed by atoms with van der Waals surface area (Å²) in [7, 11) is 1.11. The molecule has 0 bridgehead atoms. The van der Waals surface area contributed by atoms with E-state index in [1.165, 1.54) is 0 Å². The number of carboxylic acids is 1. The lowest BCUT2D eigenvalue weighted by Gasteiger charge is -2.12. The second-order valence-corrected chi connectivity index (χ2v) is 3.69. The molecule has 0 fully saturated rings. The first-order chi connectivity index (χ1) is 7.27. The number of ether oxygens (including phenoxy) is 1. The number of rotatable bonds is 2. The third-order valence-corrected chi connectivity index (χ3v) is 2.44. The van der Waals surface area contributed by atoms with Gasteiger partial charge < -0.3 is 9.84 Å². The standard InChI is InChI=1S/C9H6BrF3O3/c1-16-6-3-4(9(11,12)13)2-5(10)7(6)8(14)15/h2-3H,1H3,(H,14,15). The number of carbonyl (C=O) groups is 1. The van der Waals surface area contributed by atoms with E-state index in [1.54, 1.807) is 0 Å². The maximum atomic E-state index is 12.4. The zero-order chi connectivity index (χ0) is 12.5. The molecule has 0 saturated carbocycles. The highest BCUT2D eigenvalue weighted by atomic mass is 79.9. The Morgan fingerprint density at radius 2 is 2.00 bits per heavy atom. The molecule has 0 spiro atoms. The Morgan fingerprint density at radius 3 is 2.38 bits per heavy atom. The van der Waals surface area contributed by atoms with Crippen molar-refractivity contribution in [2.24, 2.45) is 0 Å². The van der Waals surface area contributed by atoms with Gasteiger partial charge in [-0.3, -0.25) is 0 Å². The van der Waals surface area contributed by atoms with Crippen LogP contribution in [0.15, 0.2) is 16.6 Å². The Kier molecular flexibility index (Phi) is 3.47. The van der Waals surface area contributed by atoms with Gasteiger partial charge >= 0.3 is 12.1 Å². The van der Waals surface area contributed by atoms with Crippen molar-refractivity contribution < 1.29 is 27.8 Å². The lowest BCUT2D eigenvalue weighted by Crippen LogP contribution is -2.09. The molecule has 0 radical (unpaired) electrons. The van der Waals surface area contributed by atoms with E-state index in [0.717, 1.165) is 7.11 Å².